The van der Waals surface area contributed by atoms with Gasteiger partial charge in [0, 0.05) is 25.3 Å². The summed E-state index contributed by atoms with van der Waals surface area (Å²) in [6.45, 7) is 5.87. The van der Waals surface area contributed by atoms with Crippen molar-refractivity contribution in [2.75, 3.05) is 32.8 Å². The van der Waals surface area contributed by atoms with Crippen LogP contribution in [-0.2, 0) is 4.74 Å². The zero-order valence-corrected chi connectivity index (χ0v) is 13.3. The van der Waals surface area contributed by atoms with Gasteiger partial charge in [0.25, 0.3) is 5.91 Å². The molecule has 1 atom stereocenters. The minimum Gasteiger partial charge on any atom is -0.491 e. The van der Waals surface area contributed by atoms with E-state index in [-0.39, 0.29) is 12.0 Å². The molecule has 0 bridgehead atoms. The fourth-order valence-electron chi connectivity index (χ4n) is 2.36. The standard InChI is InChI=1S/C17H26N2O3/c1-2-8-18-9-10-19-17(20)14-5-3-6-15(12-14)22-13-16-7-4-11-21-16/h3,5-6,12,16,18H,2,4,7-11,13H2,1H3,(H,19,20). The first-order valence-corrected chi connectivity index (χ1v) is 8.13. The normalized spacial score (nSPS) is 17.4. The Hall–Kier alpha value is -1.59. The third-order valence-electron chi connectivity index (χ3n) is 3.57. The summed E-state index contributed by atoms with van der Waals surface area (Å²) in [5.41, 5.74) is 0.625. The van der Waals surface area contributed by atoms with Gasteiger partial charge in [0.1, 0.15) is 12.4 Å². The third-order valence-corrected chi connectivity index (χ3v) is 3.57. The van der Waals surface area contributed by atoms with Gasteiger partial charge in [-0.25, -0.2) is 0 Å². The van der Waals surface area contributed by atoms with E-state index in [1.807, 2.05) is 12.1 Å². The molecule has 0 spiro atoms. The minimum atomic E-state index is -0.0686. The second-order valence-electron chi connectivity index (χ2n) is 5.48. The molecule has 1 aromatic carbocycles. The topological polar surface area (TPSA) is 59.6 Å². The summed E-state index contributed by atoms with van der Waals surface area (Å²) >= 11 is 0. The molecule has 1 saturated heterocycles. The van der Waals surface area contributed by atoms with E-state index in [9.17, 15) is 4.79 Å². The fraction of sp³-hybridized carbons (Fsp3) is 0.588. The number of hydrogen-bond donors (Lipinski definition) is 2. The highest BCUT2D eigenvalue weighted by Gasteiger charge is 2.16. The van der Waals surface area contributed by atoms with Crippen LogP contribution in [0.3, 0.4) is 0 Å². The van der Waals surface area contributed by atoms with E-state index in [2.05, 4.69) is 17.6 Å². The Labute approximate surface area is 132 Å². The molecular weight excluding hydrogens is 280 g/mol. The van der Waals surface area contributed by atoms with E-state index in [1.54, 1.807) is 12.1 Å². The number of carbonyl (C=O) groups is 1. The van der Waals surface area contributed by atoms with Crippen molar-refractivity contribution in [2.45, 2.75) is 32.3 Å². The van der Waals surface area contributed by atoms with E-state index >= 15 is 0 Å². The lowest BCUT2D eigenvalue weighted by Crippen LogP contribution is -2.32. The summed E-state index contributed by atoms with van der Waals surface area (Å²) in [4.78, 5) is 12.1. The second-order valence-corrected chi connectivity index (χ2v) is 5.48. The highest BCUT2D eigenvalue weighted by molar-refractivity contribution is 5.94. The maximum absolute atomic E-state index is 12.1. The van der Waals surface area contributed by atoms with Crippen LogP contribution in [0.1, 0.15) is 36.5 Å². The van der Waals surface area contributed by atoms with Crippen LogP contribution in [0.15, 0.2) is 24.3 Å². The highest BCUT2D eigenvalue weighted by atomic mass is 16.5. The number of hydrogen-bond acceptors (Lipinski definition) is 4. The van der Waals surface area contributed by atoms with Gasteiger partial charge in [-0.15, -0.1) is 0 Å². The smallest absolute Gasteiger partial charge is 0.251 e. The predicted octanol–water partition coefficient (Wildman–Crippen LogP) is 1.97. The van der Waals surface area contributed by atoms with Crippen molar-refractivity contribution < 1.29 is 14.3 Å². The molecule has 1 amide bonds. The average Bonchev–Trinajstić information content (AvgIpc) is 3.06. The molecule has 5 nitrogen and oxygen atoms in total. The van der Waals surface area contributed by atoms with E-state index < -0.39 is 0 Å². The zero-order valence-electron chi connectivity index (χ0n) is 13.3. The molecule has 0 aromatic heterocycles. The van der Waals surface area contributed by atoms with Crippen molar-refractivity contribution in [3.05, 3.63) is 29.8 Å². The first kappa shape index (κ1) is 16.8. The molecular formula is C17H26N2O3. The molecule has 1 aliphatic rings. The van der Waals surface area contributed by atoms with Gasteiger partial charge in [-0.05, 0) is 44.0 Å². The summed E-state index contributed by atoms with van der Waals surface area (Å²) in [5, 5.41) is 6.15. The van der Waals surface area contributed by atoms with Crippen molar-refractivity contribution in [3.63, 3.8) is 0 Å². The number of rotatable bonds is 9. The van der Waals surface area contributed by atoms with Gasteiger partial charge in [0.15, 0.2) is 0 Å². The summed E-state index contributed by atoms with van der Waals surface area (Å²) < 4.78 is 11.2. The van der Waals surface area contributed by atoms with Crippen LogP contribution in [0.2, 0.25) is 0 Å². The summed E-state index contributed by atoms with van der Waals surface area (Å²) in [5.74, 6) is 0.646. The zero-order chi connectivity index (χ0) is 15.6. The molecule has 1 unspecified atom stereocenters. The number of carbonyl (C=O) groups excluding carboxylic acids is 1. The first-order valence-electron chi connectivity index (χ1n) is 8.13. The Kier molecular flexibility index (Phi) is 7.19. The highest BCUT2D eigenvalue weighted by Crippen LogP contribution is 2.17. The summed E-state index contributed by atoms with van der Waals surface area (Å²) in [7, 11) is 0. The summed E-state index contributed by atoms with van der Waals surface area (Å²) in [6.07, 6.45) is 3.42. The molecule has 0 saturated carbocycles. The fourth-order valence-corrected chi connectivity index (χ4v) is 2.36. The second kappa shape index (κ2) is 9.43. The van der Waals surface area contributed by atoms with Crippen molar-refractivity contribution in [1.29, 1.82) is 0 Å². The van der Waals surface area contributed by atoms with Crippen molar-refractivity contribution in [3.8, 4) is 5.75 Å². The monoisotopic (exact) mass is 306 g/mol. The van der Waals surface area contributed by atoms with Gasteiger partial charge < -0.3 is 20.1 Å². The molecule has 1 aliphatic heterocycles. The Bertz CT molecular complexity index is 459. The first-order chi connectivity index (χ1) is 10.8. The average molecular weight is 306 g/mol. The molecule has 1 heterocycles. The van der Waals surface area contributed by atoms with Gasteiger partial charge in [-0.1, -0.05) is 13.0 Å². The maximum Gasteiger partial charge on any atom is 0.251 e. The van der Waals surface area contributed by atoms with Gasteiger partial charge >= 0.3 is 0 Å². The van der Waals surface area contributed by atoms with Crippen LogP contribution in [0.5, 0.6) is 5.75 Å². The van der Waals surface area contributed by atoms with E-state index in [0.29, 0.717) is 24.5 Å². The molecule has 2 N–H and O–H groups in total. The quantitative estimate of drug-likeness (QED) is 0.685. The molecule has 0 aliphatic carbocycles. The lowest BCUT2D eigenvalue weighted by Gasteiger charge is -2.12. The Balaban J connectivity index is 1.75. The molecule has 1 fully saturated rings. The number of ether oxygens (including phenoxy) is 2. The van der Waals surface area contributed by atoms with Crippen LogP contribution in [-0.4, -0.2) is 44.9 Å². The molecule has 22 heavy (non-hydrogen) atoms. The van der Waals surface area contributed by atoms with Gasteiger partial charge in [0.2, 0.25) is 0 Å². The Morgan fingerprint density at radius 1 is 1.36 bits per heavy atom. The van der Waals surface area contributed by atoms with Crippen molar-refractivity contribution >= 4 is 5.91 Å². The van der Waals surface area contributed by atoms with Gasteiger partial charge in [0.05, 0.1) is 6.10 Å². The molecule has 2 rings (SSSR count). The van der Waals surface area contributed by atoms with Crippen LogP contribution >= 0.6 is 0 Å². The lowest BCUT2D eigenvalue weighted by atomic mass is 10.2. The molecule has 5 heteroatoms. The molecule has 1 aromatic rings. The van der Waals surface area contributed by atoms with Crippen LogP contribution in [0, 0.1) is 0 Å². The Morgan fingerprint density at radius 3 is 3.05 bits per heavy atom. The van der Waals surface area contributed by atoms with Gasteiger partial charge in [-0.2, -0.15) is 0 Å². The number of nitrogens with one attached hydrogen (secondary N) is 2. The van der Waals surface area contributed by atoms with Gasteiger partial charge in [-0.3, -0.25) is 4.79 Å². The van der Waals surface area contributed by atoms with Crippen LogP contribution < -0.4 is 15.4 Å². The summed E-state index contributed by atoms with van der Waals surface area (Å²) in [6, 6.07) is 7.29. The van der Waals surface area contributed by atoms with E-state index in [1.165, 1.54) is 0 Å². The predicted molar refractivity (Wildman–Crippen MR) is 86.4 cm³/mol. The molecule has 0 radical (unpaired) electrons. The maximum atomic E-state index is 12.1. The van der Waals surface area contributed by atoms with Crippen molar-refractivity contribution in [1.82, 2.24) is 10.6 Å². The minimum absolute atomic E-state index is 0.0686. The third kappa shape index (κ3) is 5.66. The Morgan fingerprint density at radius 2 is 2.27 bits per heavy atom. The van der Waals surface area contributed by atoms with Crippen LogP contribution in [0.25, 0.3) is 0 Å². The van der Waals surface area contributed by atoms with E-state index in [0.717, 1.165) is 39.0 Å². The largest absolute Gasteiger partial charge is 0.491 e. The SMILES string of the molecule is CCCNCCNC(=O)c1cccc(OCC2CCCO2)c1. The van der Waals surface area contributed by atoms with Crippen molar-refractivity contribution in [2.24, 2.45) is 0 Å². The number of amides is 1. The molecule has 122 valence electrons. The van der Waals surface area contributed by atoms with E-state index in [4.69, 9.17) is 9.47 Å². The lowest BCUT2D eigenvalue weighted by molar-refractivity contribution is 0.0679. The van der Waals surface area contributed by atoms with Crippen LogP contribution in [0.4, 0.5) is 0 Å². The number of benzene rings is 1.